The fraction of sp³-hybridized carbons (Fsp3) is 0.500. The third-order valence-corrected chi connectivity index (χ3v) is 3.50. The second-order valence-electron chi connectivity index (χ2n) is 3.00. The SMILES string of the molecule is O[C@@H]1CON(Cc2cc(Br)cs2)C1. The molecule has 1 N–H and O–H groups in total. The Balaban J connectivity index is 1.91. The molecule has 72 valence electrons. The van der Waals surface area contributed by atoms with Gasteiger partial charge in [-0.2, -0.15) is 5.06 Å². The van der Waals surface area contributed by atoms with Crippen LogP contribution in [-0.2, 0) is 11.4 Å². The summed E-state index contributed by atoms with van der Waals surface area (Å²) in [4.78, 5) is 6.49. The molecular weight excluding hydrogens is 254 g/mol. The largest absolute Gasteiger partial charge is 0.389 e. The van der Waals surface area contributed by atoms with Gasteiger partial charge in [-0.1, -0.05) is 0 Å². The molecule has 1 fully saturated rings. The summed E-state index contributed by atoms with van der Waals surface area (Å²) in [7, 11) is 0. The smallest absolute Gasteiger partial charge is 0.0958 e. The Bertz CT molecular complexity index is 291. The number of rotatable bonds is 2. The second-order valence-corrected chi connectivity index (χ2v) is 4.91. The van der Waals surface area contributed by atoms with Crippen LogP contribution in [0.4, 0.5) is 0 Å². The van der Waals surface area contributed by atoms with Crippen LogP contribution >= 0.6 is 27.3 Å². The van der Waals surface area contributed by atoms with Gasteiger partial charge < -0.3 is 5.11 Å². The van der Waals surface area contributed by atoms with Crippen molar-refractivity contribution in [2.24, 2.45) is 0 Å². The van der Waals surface area contributed by atoms with E-state index in [9.17, 15) is 5.11 Å². The van der Waals surface area contributed by atoms with E-state index in [1.165, 1.54) is 4.88 Å². The predicted octanol–water partition coefficient (Wildman–Crippen LogP) is 1.62. The summed E-state index contributed by atoms with van der Waals surface area (Å²) in [5.74, 6) is 0. The lowest BCUT2D eigenvalue weighted by atomic mass is 10.4. The minimum Gasteiger partial charge on any atom is -0.389 e. The maximum absolute atomic E-state index is 9.21. The third-order valence-electron chi connectivity index (χ3n) is 1.82. The molecule has 2 heterocycles. The standard InChI is InChI=1S/C8H10BrNO2S/c9-6-1-8(13-5-6)3-10-2-7(11)4-12-10/h1,5,7,11H,2-4H2/t7-/m0/s1. The number of hydrogen-bond donors (Lipinski definition) is 1. The lowest BCUT2D eigenvalue weighted by molar-refractivity contribution is -0.117. The highest BCUT2D eigenvalue weighted by atomic mass is 79.9. The van der Waals surface area contributed by atoms with Gasteiger partial charge in [-0.25, -0.2) is 0 Å². The number of β-amino-alcohol motifs (C(OH)–C–C–N with tert-alkyl or cyclic N) is 1. The number of aliphatic hydroxyl groups excluding tert-OH is 1. The van der Waals surface area contributed by atoms with E-state index in [-0.39, 0.29) is 6.10 Å². The van der Waals surface area contributed by atoms with Crippen molar-refractivity contribution in [2.75, 3.05) is 13.2 Å². The summed E-state index contributed by atoms with van der Waals surface area (Å²) in [5.41, 5.74) is 0. The first kappa shape index (κ1) is 9.61. The molecule has 0 unspecified atom stereocenters. The van der Waals surface area contributed by atoms with E-state index in [1.54, 1.807) is 16.4 Å². The molecule has 1 saturated heterocycles. The maximum atomic E-state index is 9.21. The van der Waals surface area contributed by atoms with Crippen molar-refractivity contribution in [3.05, 3.63) is 20.8 Å². The van der Waals surface area contributed by atoms with E-state index >= 15 is 0 Å². The zero-order valence-corrected chi connectivity index (χ0v) is 9.34. The van der Waals surface area contributed by atoms with E-state index in [0.29, 0.717) is 13.2 Å². The molecule has 1 aromatic heterocycles. The van der Waals surface area contributed by atoms with Gasteiger partial charge in [-0.05, 0) is 22.0 Å². The number of hydroxylamine groups is 2. The van der Waals surface area contributed by atoms with Crippen molar-refractivity contribution in [2.45, 2.75) is 12.6 Å². The molecule has 0 bridgehead atoms. The van der Waals surface area contributed by atoms with Crippen LogP contribution in [0.25, 0.3) is 0 Å². The zero-order chi connectivity index (χ0) is 9.26. The van der Waals surface area contributed by atoms with Crippen LogP contribution in [0.15, 0.2) is 15.9 Å². The van der Waals surface area contributed by atoms with Gasteiger partial charge in [-0.15, -0.1) is 11.3 Å². The number of nitrogens with zero attached hydrogens (tertiary/aromatic N) is 1. The fourth-order valence-electron chi connectivity index (χ4n) is 1.25. The third kappa shape index (κ3) is 2.51. The van der Waals surface area contributed by atoms with Crippen molar-refractivity contribution in [3.8, 4) is 0 Å². The zero-order valence-electron chi connectivity index (χ0n) is 6.94. The molecule has 0 amide bonds. The van der Waals surface area contributed by atoms with E-state index in [2.05, 4.69) is 22.0 Å². The Labute approximate surface area is 89.0 Å². The molecule has 1 aliphatic heterocycles. The molecule has 1 atom stereocenters. The normalized spacial score (nSPS) is 24.0. The second kappa shape index (κ2) is 4.06. The Kier molecular flexibility index (Phi) is 3.00. The molecule has 0 aromatic carbocycles. The van der Waals surface area contributed by atoms with Gasteiger partial charge in [0.25, 0.3) is 0 Å². The van der Waals surface area contributed by atoms with E-state index in [1.807, 2.05) is 5.38 Å². The molecule has 0 spiro atoms. The van der Waals surface area contributed by atoms with Gasteiger partial charge in [0, 0.05) is 14.7 Å². The molecule has 3 nitrogen and oxygen atoms in total. The molecular formula is C8H10BrNO2S. The quantitative estimate of drug-likeness (QED) is 0.881. The lowest BCUT2D eigenvalue weighted by Gasteiger charge is -2.11. The average molecular weight is 264 g/mol. The molecule has 0 aliphatic carbocycles. The van der Waals surface area contributed by atoms with Crippen LogP contribution < -0.4 is 0 Å². The first-order chi connectivity index (χ1) is 6.24. The number of aliphatic hydroxyl groups is 1. The van der Waals surface area contributed by atoms with Crippen LogP contribution in [0.5, 0.6) is 0 Å². The van der Waals surface area contributed by atoms with Gasteiger partial charge in [0.2, 0.25) is 0 Å². The highest BCUT2D eigenvalue weighted by molar-refractivity contribution is 9.10. The highest BCUT2D eigenvalue weighted by Crippen LogP contribution is 2.22. The minimum atomic E-state index is -0.330. The van der Waals surface area contributed by atoms with Crippen LogP contribution in [0.2, 0.25) is 0 Å². The van der Waals surface area contributed by atoms with E-state index < -0.39 is 0 Å². The minimum absolute atomic E-state index is 0.330. The summed E-state index contributed by atoms with van der Waals surface area (Å²) in [6.45, 7) is 1.79. The summed E-state index contributed by atoms with van der Waals surface area (Å²) < 4.78 is 1.10. The van der Waals surface area contributed by atoms with Crippen LogP contribution in [0, 0.1) is 0 Å². The molecule has 0 saturated carbocycles. The van der Waals surface area contributed by atoms with Crippen LogP contribution in [0.3, 0.4) is 0 Å². The average Bonchev–Trinajstić information content (AvgIpc) is 2.62. The number of hydrogen-bond acceptors (Lipinski definition) is 4. The topological polar surface area (TPSA) is 32.7 Å². The summed E-state index contributed by atoms with van der Waals surface area (Å²) in [5, 5.41) is 13.0. The Morgan fingerprint density at radius 2 is 2.62 bits per heavy atom. The Hall–Kier alpha value is 0.0600. The van der Waals surface area contributed by atoms with Crippen LogP contribution in [0.1, 0.15) is 4.88 Å². The summed E-state index contributed by atoms with van der Waals surface area (Å²) >= 11 is 5.08. The van der Waals surface area contributed by atoms with Gasteiger partial charge in [0.05, 0.1) is 25.8 Å². The molecule has 5 heteroatoms. The van der Waals surface area contributed by atoms with Crippen molar-refractivity contribution in [1.29, 1.82) is 0 Å². The fourth-order valence-corrected chi connectivity index (χ4v) is 2.71. The van der Waals surface area contributed by atoms with Crippen molar-refractivity contribution in [3.63, 3.8) is 0 Å². The van der Waals surface area contributed by atoms with Crippen molar-refractivity contribution < 1.29 is 9.94 Å². The Morgan fingerprint density at radius 1 is 1.77 bits per heavy atom. The predicted molar refractivity (Wildman–Crippen MR) is 54.4 cm³/mol. The highest BCUT2D eigenvalue weighted by Gasteiger charge is 2.21. The van der Waals surface area contributed by atoms with E-state index in [0.717, 1.165) is 11.0 Å². The monoisotopic (exact) mass is 263 g/mol. The van der Waals surface area contributed by atoms with Gasteiger partial charge in [0.1, 0.15) is 0 Å². The van der Waals surface area contributed by atoms with Gasteiger partial charge >= 0.3 is 0 Å². The van der Waals surface area contributed by atoms with Crippen LogP contribution in [-0.4, -0.2) is 29.4 Å². The lowest BCUT2D eigenvalue weighted by Crippen LogP contribution is -2.19. The number of halogens is 1. The van der Waals surface area contributed by atoms with Gasteiger partial charge in [0.15, 0.2) is 0 Å². The summed E-state index contributed by atoms with van der Waals surface area (Å²) in [6, 6.07) is 2.07. The molecule has 1 aromatic rings. The van der Waals surface area contributed by atoms with Gasteiger partial charge in [-0.3, -0.25) is 4.84 Å². The van der Waals surface area contributed by atoms with Crippen molar-refractivity contribution in [1.82, 2.24) is 5.06 Å². The Morgan fingerprint density at radius 3 is 3.15 bits per heavy atom. The van der Waals surface area contributed by atoms with E-state index in [4.69, 9.17) is 4.84 Å². The maximum Gasteiger partial charge on any atom is 0.0958 e. The molecule has 1 aliphatic rings. The number of thiophene rings is 1. The molecule has 0 radical (unpaired) electrons. The summed E-state index contributed by atoms with van der Waals surface area (Å²) in [6.07, 6.45) is -0.330. The molecule has 13 heavy (non-hydrogen) atoms. The molecule has 2 rings (SSSR count). The first-order valence-corrected chi connectivity index (χ1v) is 5.70. The first-order valence-electron chi connectivity index (χ1n) is 4.03. The van der Waals surface area contributed by atoms with Crippen molar-refractivity contribution >= 4 is 27.3 Å².